The molecule has 0 fully saturated rings. The number of fused-ring (bicyclic) bond motifs is 9. The van der Waals surface area contributed by atoms with Crippen molar-refractivity contribution >= 4 is 78.0 Å². The van der Waals surface area contributed by atoms with Crippen LogP contribution in [0.5, 0.6) is 0 Å². The summed E-state index contributed by atoms with van der Waals surface area (Å²) < 4.78 is 2.88. The molecule has 2 nitrogen and oxygen atoms in total. The molecule has 0 unspecified atom stereocenters. The molecule has 0 amide bonds. The molecule has 0 spiro atoms. The molecule has 1 aromatic heterocycles. The van der Waals surface area contributed by atoms with Crippen molar-refractivity contribution in [3.8, 4) is 11.1 Å². The predicted octanol–water partition coefficient (Wildman–Crippen LogP) is 17.3. The van der Waals surface area contributed by atoms with Crippen LogP contribution in [0.3, 0.4) is 0 Å². The van der Waals surface area contributed by atoms with Crippen LogP contribution in [0.15, 0.2) is 103 Å². The zero-order valence-corrected chi connectivity index (χ0v) is 46.8. The highest BCUT2D eigenvalue weighted by Crippen LogP contribution is 2.55. The summed E-state index contributed by atoms with van der Waals surface area (Å²) in [5, 5.41) is 1.40. The monoisotopic (exact) mass is 953 g/mol. The maximum absolute atomic E-state index is 2.72. The largest absolute Gasteiger partial charge is 0.311 e. The second kappa shape index (κ2) is 15.0. The Morgan fingerprint density at radius 3 is 1.45 bits per heavy atom. The second-order valence-corrected chi connectivity index (χ2v) is 29.0. The Morgan fingerprint density at radius 1 is 0.451 bits per heavy atom. The number of benzene rings is 6. The van der Waals surface area contributed by atoms with Crippen LogP contribution in [0, 0.1) is 6.92 Å². The average Bonchev–Trinajstić information content (AvgIpc) is 3.68. The molecule has 0 atom stereocenters. The lowest BCUT2D eigenvalue weighted by atomic mass is 9.35. The molecule has 6 aromatic carbocycles. The minimum atomic E-state index is 0.0665. The minimum absolute atomic E-state index is 0.0665. The first-order chi connectivity index (χ1) is 33.2. The highest BCUT2D eigenvalue weighted by atomic mass is 32.1. The molecule has 0 saturated carbocycles. The van der Waals surface area contributed by atoms with Gasteiger partial charge in [-0.15, -0.1) is 11.3 Å². The van der Waals surface area contributed by atoms with E-state index < -0.39 is 0 Å². The summed E-state index contributed by atoms with van der Waals surface area (Å²) in [6.45, 7) is 39.1. The number of rotatable bonds is 3. The summed E-state index contributed by atoms with van der Waals surface area (Å²) in [4.78, 5) is 5.42. The van der Waals surface area contributed by atoms with Gasteiger partial charge in [-0.1, -0.05) is 152 Å². The zero-order chi connectivity index (χ0) is 50.3. The van der Waals surface area contributed by atoms with Crippen LogP contribution >= 0.6 is 11.3 Å². The molecule has 7 aromatic rings. The Balaban J connectivity index is 1.16. The van der Waals surface area contributed by atoms with Crippen LogP contribution in [-0.4, -0.2) is 6.71 Å². The fraction of sp³-hybridized carbons (Fsp3) is 0.433. The Bertz CT molecular complexity index is 3360. The predicted molar refractivity (Wildman–Crippen MR) is 311 cm³/mol. The molecule has 0 saturated heterocycles. The van der Waals surface area contributed by atoms with Crippen molar-refractivity contribution in [1.82, 2.24) is 0 Å². The maximum Gasteiger partial charge on any atom is 0.264 e. The number of hydrogen-bond acceptors (Lipinski definition) is 3. The van der Waals surface area contributed by atoms with Gasteiger partial charge in [-0.2, -0.15) is 0 Å². The molecule has 12 rings (SSSR count). The molecular formula is C67H77BN2S. The van der Waals surface area contributed by atoms with E-state index in [1.165, 1.54) is 154 Å². The molecule has 364 valence electrons. The van der Waals surface area contributed by atoms with Gasteiger partial charge in [0.25, 0.3) is 6.71 Å². The van der Waals surface area contributed by atoms with E-state index in [1.54, 1.807) is 0 Å². The molecule has 0 radical (unpaired) electrons. The van der Waals surface area contributed by atoms with Gasteiger partial charge in [0.05, 0.1) is 5.69 Å². The third kappa shape index (κ3) is 7.06. The highest BCUT2D eigenvalue weighted by molar-refractivity contribution is 7.33. The van der Waals surface area contributed by atoms with Gasteiger partial charge in [0.15, 0.2) is 0 Å². The van der Waals surface area contributed by atoms with Crippen molar-refractivity contribution in [2.45, 2.75) is 187 Å². The molecular weight excluding hydrogens is 876 g/mol. The van der Waals surface area contributed by atoms with E-state index >= 15 is 0 Å². The molecule has 0 N–H and O–H groups in total. The van der Waals surface area contributed by atoms with E-state index in [1.807, 2.05) is 0 Å². The van der Waals surface area contributed by atoms with E-state index in [4.69, 9.17) is 0 Å². The van der Waals surface area contributed by atoms with Crippen molar-refractivity contribution in [2.24, 2.45) is 0 Å². The van der Waals surface area contributed by atoms with E-state index in [2.05, 4.69) is 235 Å². The Kier molecular flexibility index (Phi) is 9.94. The summed E-state index contributed by atoms with van der Waals surface area (Å²) >= 11 is 2.07. The van der Waals surface area contributed by atoms with Crippen LogP contribution in [0.25, 0.3) is 21.2 Å². The van der Waals surface area contributed by atoms with Crippen LogP contribution in [0.2, 0.25) is 0 Å². The van der Waals surface area contributed by atoms with E-state index in [0.29, 0.717) is 0 Å². The first kappa shape index (κ1) is 47.0. The van der Waals surface area contributed by atoms with Gasteiger partial charge >= 0.3 is 0 Å². The number of hydrogen-bond donors (Lipinski definition) is 0. The molecule has 4 heteroatoms. The number of thiophene rings is 1. The number of aryl methyl sites for hydroxylation is 1. The molecule has 5 aliphatic rings. The second-order valence-electron chi connectivity index (χ2n) is 27.9. The summed E-state index contributed by atoms with van der Waals surface area (Å²) in [5.74, 6) is 0. The number of nitrogens with zero attached hydrogens (tertiary/aromatic N) is 2. The van der Waals surface area contributed by atoms with Crippen LogP contribution in [-0.2, 0) is 37.9 Å². The van der Waals surface area contributed by atoms with E-state index in [9.17, 15) is 0 Å². The Labute approximate surface area is 431 Å². The van der Waals surface area contributed by atoms with Gasteiger partial charge in [-0.3, -0.25) is 0 Å². The SMILES string of the molecule is Cc1cc2c3c(c1)N(c1ccc(-c4ccc(C(C)(C)C)cc4)cc1)c1c(sc4cc5c(cc14)C(C)(C)CCC5(C)C)B3c1cc3c(cc1N2c1ccc2c(c1)C(C)(C)CCC2(C)C)C(C)(C)CCC3(C)C. The molecule has 3 heterocycles. The lowest BCUT2D eigenvalue weighted by molar-refractivity contribution is 0.332. The molecule has 2 aliphatic heterocycles. The van der Waals surface area contributed by atoms with Crippen molar-refractivity contribution in [1.29, 1.82) is 0 Å². The van der Waals surface area contributed by atoms with Gasteiger partial charge in [-0.05, 0) is 205 Å². The van der Waals surface area contributed by atoms with Gasteiger partial charge < -0.3 is 9.80 Å². The maximum atomic E-state index is 2.72. The molecule has 3 aliphatic carbocycles. The van der Waals surface area contributed by atoms with Crippen molar-refractivity contribution in [2.75, 3.05) is 9.80 Å². The first-order valence-corrected chi connectivity index (χ1v) is 27.9. The fourth-order valence-electron chi connectivity index (χ4n) is 14.0. The summed E-state index contributed by atoms with van der Waals surface area (Å²) in [6, 6.07) is 42.1. The van der Waals surface area contributed by atoms with Crippen LogP contribution < -0.4 is 25.5 Å². The first-order valence-electron chi connectivity index (χ1n) is 27.1. The third-order valence-electron chi connectivity index (χ3n) is 19.1. The van der Waals surface area contributed by atoms with E-state index in [-0.39, 0.29) is 44.6 Å². The van der Waals surface area contributed by atoms with E-state index in [0.717, 1.165) is 0 Å². The quantitative estimate of drug-likeness (QED) is 0.163. The highest BCUT2D eigenvalue weighted by Gasteiger charge is 2.49. The summed E-state index contributed by atoms with van der Waals surface area (Å²) in [6.07, 6.45) is 7.17. The smallest absolute Gasteiger partial charge is 0.264 e. The number of anilines is 6. The zero-order valence-electron chi connectivity index (χ0n) is 45.9. The van der Waals surface area contributed by atoms with Gasteiger partial charge in [0.1, 0.15) is 0 Å². The van der Waals surface area contributed by atoms with Gasteiger partial charge in [0, 0.05) is 43.3 Å². The van der Waals surface area contributed by atoms with Gasteiger partial charge in [-0.25, -0.2) is 0 Å². The van der Waals surface area contributed by atoms with Crippen molar-refractivity contribution < 1.29 is 0 Å². The minimum Gasteiger partial charge on any atom is -0.311 e. The Hall–Kier alpha value is -5.06. The van der Waals surface area contributed by atoms with Crippen molar-refractivity contribution in [3.05, 3.63) is 148 Å². The average molecular weight is 953 g/mol. The third-order valence-corrected chi connectivity index (χ3v) is 20.3. The molecule has 71 heavy (non-hydrogen) atoms. The van der Waals surface area contributed by atoms with Gasteiger partial charge in [0.2, 0.25) is 0 Å². The topological polar surface area (TPSA) is 6.48 Å². The summed E-state index contributed by atoms with van der Waals surface area (Å²) in [7, 11) is 0. The standard InChI is InChI=1S/C67H77BN2S/c1-40-33-55-58-56(34-40)70(44-23-19-42(20-24-44)41-17-21-43(22-18-41)61(2,3)4)59-46-36-49-52(67(15,16)32-29-64(49,9)10)39-57(46)71-60(59)68(58)53-37-50-51(66(13,14)31-30-65(50,11)12)38-54(53)69(55)45-25-26-47-48(35-45)63(7,8)28-27-62(47,5)6/h17-26,33-39H,27-32H2,1-16H3. The lowest BCUT2D eigenvalue weighted by Crippen LogP contribution is -2.61. The fourth-order valence-corrected chi connectivity index (χ4v) is 15.3. The molecule has 0 bridgehead atoms. The van der Waals surface area contributed by atoms with Crippen LogP contribution in [0.1, 0.15) is 187 Å². The lowest BCUT2D eigenvalue weighted by Gasteiger charge is -2.47. The normalized spacial score (nSPS) is 20.4. The van der Waals surface area contributed by atoms with Crippen molar-refractivity contribution in [3.63, 3.8) is 0 Å². The van der Waals surface area contributed by atoms with Crippen LogP contribution in [0.4, 0.5) is 34.1 Å². The summed E-state index contributed by atoms with van der Waals surface area (Å²) in [5.41, 5.74) is 25.7. The Morgan fingerprint density at radius 2 is 0.901 bits per heavy atom.